The van der Waals surface area contributed by atoms with E-state index in [1.807, 2.05) is 4.90 Å². The maximum absolute atomic E-state index is 12.7. The lowest BCUT2D eigenvalue weighted by atomic mass is 10.1. The maximum atomic E-state index is 12.7. The van der Waals surface area contributed by atoms with Crippen LogP contribution in [0.25, 0.3) is 0 Å². The van der Waals surface area contributed by atoms with E-state index in [1.54, 1.807) is 26.4 Å². The number of benzene rings is 1. The van der Waals surface area contributed by atoms with Gasteiger partial charge in [0.2, 0.25) is 0 Å². The lowest BCUT2D eigenvalue weighted by Crippen LogP contribution is -2.40. The third-order valence-electron chi connectivity index (χ3n) is 4.10. The number of hydrogen-bond donors (Lipinski definition) is 0. The Kier molecular flexibility index (Phi) is 6.75. The van der Waals surface area contributed by atoms with Crippen molar-refractivity contribution in [1.82, 2.24) is 4.90 Å². The number of carbonyl (C=O) groups is 1. The molecule has 1 aliphatic heterocycles. The molecule has 134 valence electrons. The fraction of sp³-hybridized carbons (Fsp3) is 0.611. The van der Waals surface area contributed by atoms with Crippen molar-refractivity contribution in [2.45, 2.75) is 32.8 Å². The van der Waals surface area contributed by atoms with Gasteiger partial charge in [-0.25, -0.2) is 0 Å². The normalized spacial score (nSPS) is 15.7. The number of likely N-dealkylation sites (tertiary alicyclic amines) is 1. The standard InChI is InChI=1S/C18H26ClNO4/c1-12(2)11-24-17-15(19)9-13(10-16(17)23-4)18(21)20-7-5-14(22-3)6-8-20/h9-10,12,14H,5-8,11H2,1-4H3. The van der Waals surface area contributed by atoms with Crippen molar-refractivity contribution in [3.05, 3.63) is 22.7 Å². The quantitative estimate of drug-likeness (QED) is 0.781. The number of halogens is 1. The van der Waals surface area contributed by atoms with E-state index in [0.717, 1.165) is 12.8 Å². The average Bonchev–Trinajstić information content (AvgIpc) is 2.59. The number of amides is 1. The van der Waals surface area contributed by atoms with Crippen LogP contribution in [-0.4, -0.2) is 50.8 Å². The van der Waals surface area contributed by atoms with Crippen LogP contribution in [0.1, 0.15) is 37.0 Å². The van der Waals surface area contributed by atoms with Gasteiger partial charge in [-0.15, -0.1) is 0 Å². The van der Waals surface area contributed by atoms with Gasteiger partial charge in [-0.1, -0.05) is 25.4 Å². The number of rotatable bonds is 6. The Labute approximate surface area is 148 Å². The molecular weight excluding hydrogens is 330 g/mol. The van der Waals surface area contributed by atoms with Crippen molar-refractivity contribution in [2.24, 2.45) is 5.92 Å². The van der Waals surface area contributed by atoms with Gasteiger partial charge in [-0.2, -0.15) is 0 Å². The zero-order valence-corrected chi connectivity index (χ0v) is 15.6. The molecule has 0 aromatic heterocycles. The van der Waals surface area contributed by atoms with Crippen LogP contribution >= 0.6 is 11.6 Å². The molecule has 1 heterocycles. The number of hydrogen-bond acceptors (Lipinski definition) is 4. The van der Waals surface area contributed by atoms with E-state index in [0.29, 0.717) is 47.7 Å². The SMILES string of the molecule is COc1cc(C(=O)N2CCC(OC)CC2)cc(Cl)c1OCC(C)C. The van der Waals surface area contributed by atoms with Crippen molar-refractivity contribution in [3.8, 4) is 11.5 Å². The van der Waals surface area contributed by atoms with Crippen molar-refractivity contribution < 1.29 is 19.0 Å². The van der Waals surface area contributed by atoms with E-state index in [2.05, 4.69) is 13.8 Å². The first-order valence-corrected chi connectivity index (χ1v) is 8.66. The Hall–Kier alpha value is -1.46. The largest absolute Gasteiger partial charge is 0.493 e. The van der Waals surface area contributed by atoms with Gasteiger partial charge < -0.3 is 19.1 Å². The molecule has 1 amide bonds. The third-order valence-corrected chi connectivity index (χ3v) is 4.38. The molecule has 1 aromatic carbocycles. The minimum atomic E-state index is -0.0415. The molecule has 0 saturated carbocycles. The van der Waals surface area contributed by atoms with Crippen molar-refractivity contribution in [1.29, 1.82) is 0 Å². The van der Waals surface area contributed by atoms with Crippen LogP contribution in [-0.2, 0) is 4.74 Å². The molecule has 6 heteroatoms. The summed E-state index contributed by atoms with van der Waals surface area (Å²) in [6, 6.07) is 3.36. The van der Waals surface area contributed by atoms with Crippen LogP contribution in [0.5, 0.6) is 11.5 Å². The van der Waals surface area contributed by atoms with Gasteiger partial charge in [0, 0.05) is 25.8 Å². The molecule has 1 aromatic rings. The maximum Gasteiger partial charge on any atom is 0.254 e. The second-order valence-electron chi connectivity index (χ2n) is 6.42. The second kappa shape index (κ2) is 8.58. The van der Waals surface area contributed by atoms with Crippen LogP contribution in [0.15, 0.2) is 12.1 Å². The summed E-state index contributed by atoms with van der Waals surface area (Å²) in [6.07, 6.45) is 1.93. The molecule has 2 rings (SSSR count). The Morgan fingerprint density at radius 1 is 1.29 bits per heavy atom. The Morgan fingerprint density at radius 3 is 2.50 bits per heavy atom. The summed E-state index contributed by atoms with van der Waals surface area (Å²) in [5, 5.41) is 0.394. The van der Waals surface area contributed by atoms with E-state index in [4.69, 9.17) is 25.8 Å². The Bertz CT molecular complexity index is 568. The van der Waals surface area contributed by atoms with Crippen LogP contribution in [0.4, 0.5) is 0 Å². The van der Waals surface area contributed by atoms with Crippen LogP contribution in [0.2, 0.25) is 5.02 Å². The smallest absolute Gasteiger partial charge is 0.254 e. The van der Waals surface area contributed by atoms with Gasteiger partial charge in [0.05, 0.1) is 24.8 Å². The molecule has 0 bridgehead atoms. The van der Waals surface area contributed by atoms with Crippen LogP contribution in [0.3, 0.4) is 0 Å². The molecule has 5 nitrogen and oxygen atoms in total. The van der Waals surface area contributed by atoms with Crippen molar-refractivity contribution >= 4 is 17.5 Å². The van der Waals surface area contributed by atoms with E-state index in [-0.39, 0.29) is 12.0 Å². The van der Waals surface area contributed by atoms with E-state index >= 15 is 0 Å². The highest BCUT2D eigenvalue weighted by Crippen LogP contribution is 2.37. The minimum Gasteiger partial charge on any atom is -0.493 e. The van der Waals surface area contributed by atoms with Crippen molar-refractivity contribution in [2.75, 3.05) is 33.9 Å². The van der Waals surface area contributed by atoms with Crippen LogP contribution < -0.4 is 9.47 Å². The monoisotopic (exact) mass is 355 g/mol. The summed E-state index contributed by atoms with van der Waals surface area (Å²) in [5.41, 5.74) is 0.518. The first-order chi connectivity index (χ1) is 11.5. The molecule has 0 N–H and O–H groups in total. The Balaban J connectivity index is 2.16. The second-order valence-corrected chi connectivity index (χ2v) is 6.83. The summed E-state index contributed by atoms with van der Waals surface area (Å²) >= 11 is 6.33. The molecule has 0 aliphatic carbocycles. The summed E-state index contributed by atoms with van der Waals surface area (Å²) in [7, 11) is 3.26. The zero-order chi connectivity index (χ0) is 17.7. The van der Waals surface area contributed by atoms with E-state index in [1.165, 1.54) is 0 Å². The average molecular weight is 356 g/mol. The molecule has 0 atom stereocenters. The topological polar surface area (TPSA) is 48.0 Å². The van der Waals surface area contributed by atoms with Gasteiger partial charge >= 0.3 is 0 Å². The molecule has 1 fully saturated rings. The van der Waals surface area contributed by atoms with Gasteiger partial charge in [0.1, 0.15) is 0 Å². The summed E-state index contributed by atoms with van der Waals surface area (Å²) in [4.78, 5) is 14.6. The molecule has 0 spiro atoms. The predicted molar refractivity (Wildman–Crippen MR) is 94.3 cm³/mol. The first-order valence-electron chi connectivity index (χ1n) is 8.28. The van der Waals surface area contributed by atoms with Gasteiger partial charge in [-0.3, -0.25) is 4.79 Å². The zero-order valence-electron chi connectivity index (χ0n) is 14.8. The highest BCUT2D eigenvalue weighted by Gasteiger charge is 2.25. The molecule has 0 radical (unpaired) electrons. The van der Waals surface area contributed by atoms with Gasteiger partial charge in [0.15, 0.2) is 11.5 Å². The fourth-order valence-electron chi connectivity index (χ4n) is 2.71. The summed E-state index contributed by atoms with van der Waals surface area (Å²) in [5.74, 6) is 1.30. The molecule has 0 unspecified atom stereocenters. The number of methoxy groups -OCH3 is 2. The number of piperidine rings is 1. The summed E-state index contributed by atoms with van der Waals surface area (Å²) in [6.45, 7) is 6.02. The number of nitrogens with zero attached hydrogens (tertiary/aromatic N) is 1. The lowest BCUT2D eigenvalue weighted by molar-refractivity contribution is 0.0350. The fourth-order valence-corrected chi connectivity index (χ4v) is 2.98. The number of ether oxygens (including phenoxy) is 3. The molecular formula is C18H26ClNO4. The lowest BCUT2D eigenvalue weighted by Gasteiger charge is -2.31. The van der Waals surface area contributed by atoms with Gasteiger partial charge in [-0.05, 0) is 30.9 Å². The number of carbonyl (C=O) groups excluding carboxylic acids is 1. The Morgan fingerprint density at radius 2 is 1.96 bits per heavy atom. The van der Waals surface area contributed by atoms with Crippen molar-refractivity contribution in [3.63, 3.8) is 0 Å². The highest BCUT2D eigenvalue weighted by molar-refractivity contribution is 6.32. The predicted octanol–water partition coefficient (Wildman–Crippen LogP) is 3.63. The van der Waals surface area contributed by atoms with E-state index in [9.17, 15) is 4.79 Å². The third kappa shape index (κ3) is 4.54. The first kappa shape index (κ1) is 18.9. The van der Waals surface area contributed by atoms with Gasteiger partial charge in [0.25, 0.3) is 5.91 Å². The molecule has 1 saturated heterocycles. The minimum absolute atomic E-state index is 0.0415. The van der Waals surface area contributed by atoms with E-state index < -0.39 is 0 Å². The van der Waals surface area contributed by atoms with Crippen LogP contribution in [0, 0.1) is 5.92 Å². The molecule has 24 heavy (non-hydrogen) atoms. The molecule has 1 aliphatic rings. The summed E-state index contributed by atoms with van der Waals surface area (Å²) < 4.78 is 16.4. The highest BCUT2D eigenvalue weighted by atomic mass is 35.5.